The summed E-state index contributed by atoms with van der Waals surface area (Å²) in [4.78, 5) is -0.0445. The molecule has 1 aromatic rings. The van der Waals surface area contributed by atoms with Crippen LogP contribution in [-0.2, 0) is 10.0 Å². The Balaban J connectivity index is 2.17. The van der Waals surface area contributed by atoms with Crippen molar-refractivity contribution in [1.29, 1.82) is 0 Å². The number of hydrogen-bond donors (Lipinski definition) is 4. The number of hydrogen-bond acceptors (Lipinski definition) is 5. The summed E-state index contributed by atoms with van der Waals surface area (Å²) in [5.41, 5.74) is 5.51. The van der Waals surface area contributed by atoms with Crippen LogP contribution in [0.2, 0.25) is 0 Å². The first-order valence-electron chi connectivity index (χ1n) is 6.69. The SMILES string of the molecule is Nc1ccc(NCC2(O)CCCCC2)c(S(N)(=O)=O)c1. The normalized spacial score (nSPS) is 18.7. The molecule has 1 aliphatic carbocycles. The van der Waals surface area contributed by atoms with Crippen LogP contribution in [0.5, 0.6) is 0 Å². The van der Waals surface area contributed by atoms with Gasteiger partial charge in [0, 0.05) is 12.2 Å². The summed E-state index contributed by atoms with van der Waals surface area (Å²) in [5.74, 6) is 0. The molecule has 1 aromatic carbocycles. The Morgan fingerprint density at radius 1 is 1.25 bits per heavy atom. The Morgan fingerprint density at radius 3 is 2.50 bits per heavy atom. The molecule has 0 heterocycles. The van der Waals surface area contributed by atoms with Crippen LogP contribution in [0.25, 0.3) is 0 Å². The van der Waals surface area contributed by atoms with E-state index in [1.54, 1.807) is 12.1 Å². The topological polar surface area (TPSA) is 118 Å². The maximum absolute atomic E-state index is 11.6. The lowest BCUT2D eigenvalue weighted by Gasteiger charge is -2.32. The molecule has 2 rings (SSSR count). The number of aliphatic hydroxyl groups is 1. The standard InChI is InChI=1S/C13H21N3O3S/c14-10-4-5-11(12(8-10)20(15,18)19)16-9-13(17)6-2-1-3-7-13/h4-5,8,16-17H,1-3,6-7,9,14H2,(H2,15,18,19). The van der Waals surface area contributed by atoms with E-state index < -0.39 is 15.6 Å². The third kappa shape index (κ3) is 3.62. The number of benzene rings is 1. The molecular weight excluding hydrogens is 278 g/mol. The van der Waals surface area contributed by atoms with Crippen LogP contribution >= 0.6 is 0 Å². The molecule has 1 saturated carbocycles. The molecule has 7 heteroatoms. The Hall–Kier alpha value is -1.31. The Bertz CT molecular complexity index is 581. The maximum Gasteiger partial charge on any atom is 0.240 e. The third-order valence-corrected chi connectivity index (χ3v) is 4.66. The molecule has 0 bridgehead atoms. The van der Waals surface area contributed by atoms with E-state index in [0.29, 0.717) is 17.9 Å². The number of primary sulfonamides is 1. The Morgan fingerprint density at radius 2 is 1.90 bits per heavy atom. The fourth-order valence-electron chi connectivity index (χ4n) is 2.57. The van der Waals surface area contributed by atoms with E-state index in [4.69, 9.17) is 10.9 Å². The van der Waals surface area contributed by atoms with Crippen LogP contribution in [0, 0.1) is 0 Å². The first-order valence-corrected chi connectivity index (χ1v) is 8.23. The van der Waals surface area contributed by atoms with E-state index >= 15 is 0 Å². The second-order valence-electron chi connectivity index (χ2n) is 5.44. The van der Waals surface area contributed by atoms with Gasteiger partial charge in [-0.2, -0.15) is 0 Å². The fraction of sp³-hybridized carbons (Fsp3) is 0.538. The molecule has 6 nitrogen and oxygen atoms in total. The smallest absolute Gasteiger partial charge is 0.240 e. The van der Waals surface area contributed by atoms with Crippen molar-refractivity contribution < 1.29 is 13.5 Å². The van der Waals surface area contributed by atoms with Crippen molar-refractivity contribution in [3.05, 3.63) is 18.2 Å². The van der Waals surface area contributed by atoms with E-state index in [0.717, 1.165) is 32.1 Å². The summed E-state index contributed by atoms with van der Waals surface area (Å²) in [6.45, 7) is 0.305. The van der Waals surface area contributed by atoms with Gasteiger partial charge in [0.2, 0.25) is 10.0 Å². The minimum absolute atomic E-state index is 0.0445. The highest BCUT2D eigenvalue weighted by molar-refractivity contribution is 7.89. The largest absolute Gasteiger partial charge is 0.399 e. The number of anilines is 2. The molecule has 0 aliphatic heterocycles. The van der Waals surface area contributed by atoms with Crippen molar-refractivity contribution in [3.8, 4) is 0 Å². The van der Waals surface area contributed by atoms with E-state index in [9.17, 15) is 13.5 Å². The highest BCUT2D eigenvalue weighted by atomic mass is 32.2. The minimum atomic E-state index is -3.85. The number of sulfonamides is 1. The summed E-state index contributed by atoms with van der Waals surface area (Å²) >= 11 is 0. The number of rotatable bonds is 4. The van der Waals surface area contributed by atoms with Gasteiger partial charge in [-0.1, -0.05) is 19.3 Å². The van der Waals surface area contributed by atoms with Crippen molar-refractivity contribution in [1.82, 2.24) is 0 Å². The van der Waals surface area contributed by atoms with Gasteiger partial charge in [0.1, 0.15) is 4.90 Å². The van der Waals surface area contributed by atoms with Crippen LogP contribution in [0.3, 0.4) is 0 Å². The van der Waals surface area contributed by atoms with E-state index in [1.807, 2.05) is 0 Å². The number of nitrogens with one attached hydrogen (secondary N) is 1. The van der Waals surface area contributed by atoms with Crippen LogP contribution in [0.1, 0.15) is 32.1 Å². The minimum Gasteiger partial charge on any atom is -0.399 e. The Labute approximate surface area is 119 Å². The zero-order chi connectivity index (χ0) is 14.8. The predicted molar refractivity (Wildman–Crippen MR) is 78.8 cm³/mol. The van der Waals surface area contributed by atoms with Gasteiger partial charge >= 0.3 is 0 Å². The molecule has 0 radical (unpaired) electrons. The van der Waals surface area contributed by atoms with Crippen LogP contribution in [0.4, 0.5) is 11.4 Å². The average Bonchev–Trinajstić information content (AvgIpc) is 2.37. The second kappa shape index (κ2) is 5.59. The highest BCUT2D eigenvalue weighted by Crippen LogP contribution is 2.29. The lowest BCUT2D eigenvalue weighted by Crippen LogP contribution is -2.39. The van der Waals surface area contributed by atoms with Gasteiger partial charge in [-0.3, -0.25) is 0 Å². The summed E-state index contributed by atoms with van der Waals surface area (Å²) < 4.78 is 23.1. The molecule has 1 fully saturated rings. The molecule has 0 saturated heterocycles. The van der Waals surface area contributed by atoms with Crippen LogP contribution in [-0.4, -0.2) is 25.7 Å². The van der Waals surface area contributed by atoms with Gasteiger partial charge in [0.25, 0.3) is 0 Å². The molecule has 1 aliphatic rings. The third-order valence-electron chi connectivity index (χ3n) is 3.70. The molecule has 0 unspecified atom stereocenters. The highest BCUT2D eigenvalue weighted by Gasteiger charge is 2.29. The molecule has 112 valence electrons. The number of nitrogen functional groups attached to an aromatic ring is 1. The van der Waals surface area contributed by atoms with Gasteiger partial charge < -0.3 is 16.2 Å². The molecular formula is C13H21N3O3S. The zero-order valence-corrected chi connectivity index (χ0v) is 12.1. The maximum atomic E-state index is 11.6. The van der Waals surface area contributed by atoms with Crippen LogP contribution in [0.15, 0.2) is 23.1 Å². The molecule has 0 atom stereocenters. The average molecular weight is 299 g/mol. The van der Waals surface area contributed by atoms with E-state index in [2.05, 4.69) is 5.32 Å². The van der Waals surface area contributed by atoms with Crippen molar-refractivity contribution >= 4 is 21.4 Å². The molecule has 6 N–H and O–H groups in total. The second-order valence-corrected chi connectivity index (χ2v) is 6.97. The molecule has 0 amide bonds. The van der Waals surface area contributed by atoms with Gasteiger partial charge in [-0.25, -0.2) is 13.6 Å². The summed E-state index contributed by atoms with van der Waals surface area (Å²) in [5, 5.41) is 18.6. The zero-order valence-electron chi connectivity index (χ0n) is 11.3. The number of nitrogens with two attached hydrogens (primary N) is 2. The van der Waals surface area contributed by atoms with Gasteiger partial charge in [-0.15, -0.1) is 0 Å². The molecule has 20 heavy (non-hydrogen) atoms. The van der Waals surface area contributed by atoms with Crippen molar-refractivity contribution in [2.75, 3.05) is 17.6 Å². The first kappa shape index (κ1) is 15.1. The van der Waals surface area contributed by atoms with Crippen LogP contribution < -0.4 is 16.2 Å². The van der Waals surface area contributed by atoms with Crippen molar-refractivity contribution in [3.63, 3.8) is 0 Å². The van der Waals surface area contributed by atoms with Gasteiger partial charge in [0.05, 0.1) is 11.3 Å². The summed E-state index contributed by atoms with van der Waals surface area (Å²) in [7, 11) is -3.85. The first-order chi connectivity index (χ1) is 9.30. The predicted octanol–water partition coefficient (Wildman–Crippen LogP) is 1.02. The quantitative estimate of drug-likeness (QED) is 0.619. The van der Waals surface area contributed by atoms with Gasteiger partial charge in [0.15, 0.2) is 0 Å². The van der Waals surface area contributed by atoms with E-state index in [1.165, 1.54) is 6.07 Å². The monoisotopic (exact) mass is 299 g/mol. The molecule has 0 aromatic heterocycles. The Kier molecular flexibility index (Phi) is 4.22. The van der Waals surface area contributed by atoms with Crippen molar-refractivity contribution in [2.24, 2.45) is 5.14 Å². The fourth-order valence-corrected chi connectivity index (χ4v) is 3.31. The van der Waals surface area contributed by atoms with Crippen molar-refractivity contribution in [2.45, 2.75) is 42.6 Å². The summed E-state index contributed by atoms with van der Waals surface area (Å²) in [6.07, 6.45) is 4.55. The van der Waals surface area contributed by atoms with Gasteiger partial charge in [-0.05, 0) is 31.0 Å². The summed E-state index contributed by atoms with van der Waals surface area (Å²) in [6, 6.07) is 4.49. The lowest BCUT2D eigenvalue weighted by molar-refractivity contribution is 0.0167. The lowest BCUT2D eigenvalue weighted by atomic mass is 9.85. The molecule has 0 spiro atoms. The van der Waals surface area contributed by atoms with E-state index in [-0.39, 0.29) is 4.90 Å².